The molecule has 0 saturated carbocycles. The molecule has 0 saturated heterocycles. The van der Waals surface area contributed by atoms with Gasteiger partial charge in [0, 0.05) is 12.0 Å². The number of aryl methyl sites for hydroxylation is 1. The maximum atomic E-state index is 13.3. The Hall–Kier alpha value is -1.48. The number of ketones is 1. The van der Waals surface area contributed by atoms with E-state index in [4.69, 9.17) is 0 Å². The van der Waals surface area contributed by atoms with Gasteiger partial charge in [-0.05, 0) is 40.4 Å². The molecule has 19 heavy (non-hydrogen) atoms. The molecule has 0 N–H and O–H groups in total. The van der Waals surface area contributed by atoms with Gasteiger partial charge in [-0.25, -0.2) is 4.39 Å². The Morgan fingerprint density at radius 3 is 2.53 bits per heavy atom. The van der Waals surface area contributed by atoms with Gasteiger partial charge in [-0.2, -0.15) is 0 Å². The first-order valence-electron chi connectivity index (χ1n) is 6.19. The molecular weight excluding hydrogens is 307 g/mol. The van der Waals surface area contributed by atoms with E-state index in [1.165, 1.54) is 11.6 Å². The molecule has 0 unspecified atom stereocenters. The van der Waals surface area contributed by atoms with E-state index < -0.39 is 5.82 Å². The van der Waals surface area contributed by atoms with Gasteiger partial charge >= 0.3 is 0 Å². The highest BCUT2D eigenvalue weighted by atomic mass is 79.9. The van der Waals surface area contributed by atoms with Gasteiger partial charge in [0.25, 0.3) is 0 Å². The molecule has 0 heterocycles. The molecule has 0 aliphatic carbocycles. The van der Waals surface area contributed by atoms with Gasteiger partial charge in [0.15, 0.2) is 5.78 Å². The van der Waals surface area contributed by atoms with E-state index in [9.17, 15) is 9.18 Å². The molecule has 0 fully saturated rings. The number of hydrogen-bond donors (Lipinski definition) is 0. The first kappa shape index (κ1) is 13.9. The largest absolute Gasteiger partial charge is 0.294 e. The summed E-state index contributed by atoms with van der Waals surface area (Å²) in [6, 6.07) is 14.6. The molecule has 0 atom stereocenters. The SMILES string of the molecule is O=C(CCCc1ccccc1)c1cccc(F)c1Br. The van der Waals surface area contributed by atoms with Gasteiger partial charge in [0.05, 0.1) is 4.47 Å². The second-order valence-electron chi connectivity index (χ2n) is 4.36. The van der Waals surface area contributed by atoms with Crippen LogP contribution in [-0.2, 0) is 6.42 Å². The zero-order valence-corrected chi connectivity index (χ0v) is 12.0. The highest BCUT2D eigenvalue weighted by Crippen LogP contribution is 2.22. The van der Waals surface area contributed by atoms with Crippen molar-refractivity contribution >= 4 is 21.7 Å². The summed E-state index contributed by atoms with van der Waals surface area (Å²) in [6.45, 7) is 0. The van der Waals surface area contributed by atoms with Gasteiger partial charge < -0.3 is 0 Å². The summed E-state index contributed by atoms with van der Waals surface area (Å²) in [6.07, 6.45) is 2.06. The van der Waals surface area contributed by atoms with Crippen molar-refractivity contribution < 1.29 is 9.18 Å². The van der Waals surface area contributed by atoms with Gasteiger partial charge in [0.2, 0.25) is 0 Å². The first-order chi connectivity index (χ1) is 9.18. The summed E-state index contributed by atoms with van der Waals surface area (Å²) in [5, 5.41) is 0. The van der Waals surface area contributed by atoms with Crippen molar-refractivity contribution in [1.29, 1.82) is 0 Å². The third-order valence-electron chi connectivity index (χ3n) is 2.96. The third-order valence-corrected chi connectivity index (χ3v) is 3.77. The number of hydrogen-bond acceptors (Lipinski definition) is 1. The molecule has 0 bridgehead atoms. The van der Waals surface area contributed by atoms with Crippen LogP contribution in [0.3, 0.4) is 0 Å². The zero-order chi connectivity index (χ0) is 13.7. The molecule has 0 aliphatic rings. The zero-order valence-electron chi connectivity index (χ0n) is 10.4. The summed E-state index contributed by atoms with van der Waals surface area (Å²) < 4.78 is 13.6. The van der Waals surface area contributed by atoms with E-state index in [0.717, 1.165) is 12.8 Å². The molecule has 2 aromatic rings. The Morgan fingerprint density at radius 2 is 1.79 bits per heavy atom. The summed E-state index contributed by atoms with van der Waals surface area (Å²) in [5.74, 6) is -0.420. The fourth-order valence-electron chi connectivity index (χ4n) is 1.95. The average molecular weight is 321 g/mol. The fraction of sp³-hybridized carbons (Fsp3) is 0.188. The number of carbonyl (C=O) groups is 1. The van der Waals surface area contributed by atoms with Crippen LogP contribution >= 0.6 is 15.9 Å². The van der Waals surface area contributed by atoms with E-state index >= 15 is 0 Å². The monoisotopic (exact) mass is 320 g/mol. The maximum Gasteiger partial charge on any atom is 0.164 e. The molecule has 0 amide bonds. The minimum atomic E-state index is -0.395. The van der Waals surface area contributed by atoms with Crippen LogP contribution in [0.1, 0.15) is 28.8 Å². The maximum absolute atomic E-state index is 13.3. The Morgan fingerprint density at radius 1 is 1.05 bits per heavy atom. The van der Waals surface area contributed by atoms with Crippen molar-refractivity contribution in [1.82, 2.24) is 0 Å². The van der Waals surface area contributed by atoms with Gasteiger partial charge in [-0.15, -0.1) is 0 Å². The van der Waals surface area contributed by atoms with Crippen LogP contribution < -0.4 is 0 Å². The lowest BCUT2D eigenvalue weighted by molar-refractivity contribution is 0.0979. The number of carbonyl (C=O) groups excluding carboxylic acids is 1. The molecule has 0 aromatic heterocycles. The summed E-state index contributed by atoms with van der Waals surface area (Å²) >= 11 is 3.12. The van der Waals surface area contributed by atoms with Crippen LogP contribution in [0, 0.1) is 5.82 Å². The van der Waals surface area contributed by atoms with Crippen LogP contribution in [0.15, 0.2) is 53.0 Å². The van der Waals surface area contributed by atoms with Crippen LogP contribution in [0.25, 0.3) is 0 Å². The lowest BCUT2D eigenvalue weighted by Gasteiger charge is -2.05. The number of rotatable bonds is 5. The molecular formula is C16H14BrFO. The molecule has 2 rings (SSSR count). The van der Waals surface area contributed by atoms with E-state index in [1.54, 1.807) is 12.1 Å². The number of benzene rings is 2. The number of halogens is 2. The highest BCUT2D eigenvalue weighted by Gasteiger charge is 2.12. The second-order valence-corrected chi connectivity index (χ2v) is 5.16. The molecule has 1 nitrogen and oxygen atoms in total. The molecule has 0 aliphatic heterocycles. The Kier molecular flexibility index (Phi) is 4.86. The smallest absolute Gasteiger partial charge is 0.164 e. The normalized spacial score (nSPS) is 10.4. The molecule has 0 radical (unpaired) electrons. The van der Waals surface area contributed by atoms with Gasteiger partial charge in [-0.3, -0.25) is 4.79 Å². The first-order valence-corrected chi connectivity index (χ1v) is 6.99. The molecule has 98 valence electrons. The Bertz CT molecular complexity index is 566. The van der Waals surface area contributed by atoms with Crippen molar-refractivity contribution in [3.63, 3.8) is 0 Å². The number of Topliss-reactive ketones (excluding diaryl/α,β-unsaturated/α-hetero) is 1. The lowest BCUT2D eigenvalue weighted by atomic mass is 10.0. The quantitative estimate of drug-likeness (QED) is 0.723. The van der Waals surface area contributed by atoms with Crippen LogP contribution in [0.4, 0.5) is 4.39 Å². The van der Waals surface area contributed by atoms with Crippen molar-refractivity contribution in [2.75, 3.05) is 0 Å². The van der Waals surface area contributed by atoms with Crippen molar-refractivity contribution in [2.24, 2.45) is 0 Å². The van der Waals surface area contributed by atoms with Gasteiger partial charge in [0.1, 0.15) is 5.82 Å². The van der Waals surface area contributed by atoms with Crippen molar-refractivity contribution in [3.8, 4) is 0 Å². The predicted octanol–water partition coefficient (Wildman–Crippen LogP) is 4.79. The minimum Gasteiger partial charge on any atom is -0.294 e. The predicted molar refractivity (Wildman–Crippen MR) is 77.8 cm³/mol. The topological polar surface area (TPSA) is 17.1 Å². The van der Waals surface area contributed by atoms with Crippen molar-refractivity contribution in [3.05, 3.63) is 69.9 Å². The van der Waals surface area contributed by atoms with E-state index in [0.29, 0.717) is 12.0 Å². The molecule has 0 spiro atoms. The van der Waals surface area contributed by atoms with Crippen LogP contribution in [0.2, 0.25) is 0 Å². The standard InChI is InChI=1S/C16H14BrFO/c17-16-13(9-5-10-14(16)18)15(19)11-4-8-12-6-2-1-3-7-12/h1-3,5-7,9-10H,4,8,11H2. The van der Waals surface area contributed by atoms with Crippen LogP contribution in [-0.4, -0.2) is 5.78 Å². The van der Waals surface area contributed by atoms with E-state index in [2.05, 4.69) is 15.9 Å². The molecule has 3 heteroatoms. The second kappa shape index (κ2) is 6.62. The van der Waals surface area contributed by atoms with Gasteiger partial charge in [-0.1, -0.05) is 42.5 Å². The highest BCUT2D eigenvalue weighted by molar-refractivity contribution is 9.10. The molecule has 2 aromatic carbocycles. The lowest BCUT2D eigenvalue weighted by Crippen LogP contribution is -2.02. The van der Waals surface area contributed by atoms with E-state index in [1.807, 2.05) is 30.3 Å². The summed E-state index contributed by atoms with van der Waals surface area (Å²) in [7, 11) is 0. The Labute approximate surface area is 120 Å². The Balaban J connectivity index is 1.93. The van der Waals surface area contributed by atoms with Crippen LogP contribution in [0.5, 0.6) is 0 Å². The fourth-order valence-corrected chi connectivity index (χ4v) is 2.44. The average Bonchev–Trinajstić information content (AvgIpc) is 2.43. The third kappa shape index (κ3) is 3.74. The van der Waals surface area contributed by atoms with Crippen molar-refractivity contribution in [2.45, 2.75) is 19.3 Å². The summed E-state index contributed by atoms with van der Waals surface area (Å²) in [4.78, 5) is 12.0. The summed E-state index contributed by atoms with van der Waals surface area (Å²) in [5.41, 5.74) is 1.64. The minimum absolute atomic E-state index is 0.0256. The van der Waals surface area contributed by atoms with E-state index in [-0.39, 0.29) is 10.3 Å².